The third-order valence-corrected chi connectivity index (χ3v) is 3.06. The highest BCUT2D eigenvalue weighted by molar-refractivity contribution is 5.83. The fourth-order valence-corrected chi connectivity index (χ4v) is 1.84. The molecule has 116 valence electrons. The van der Waals surface area contributed by atoms with Gasteiger partial charge < -0.3 is 16.0 Å². The highest BCUT2D eigenvalue weighted by atomic mass is 16.2. The van der Waals surface area contributed by atoms with Crippen LogP contribution in [0.25, 0.3) is 0 Å². The van der Waals surface area contributed by atoms with Crippen LogP contribution in [-0.2, 0) is 11.3 Å². The topological polar surface area (TPSA) is 70.2 Å². The van der Waals surface area contributed by atoms with Gasteiger partial charge in [-0.25, -0.2) is 4.79 Å². The van der Waals surface area contributed by atoms with Crippen LogP contribution in [0.2, 0.25) is 0 Å². The molecule has 0 saturated heterocycles. The van der Waals surface area contributed by atoms with E-state index in [1.165, 1.54) is 12.8 Å². The van der Waals surface area contributed by atoms with Gasteiger partial charge in [-0.15, -0.1) is 0 Å². The van der Waals surface area contributed by atoms with Gasteiger partial charge in [0.05, 0.1) is 6.54 Å². The van der Waals surface area contributed by atoms with E-state index < -0.39 is 0 Å². The Morgan fingerprint density at radius 3 is 2.43 bits per heavy atom. The molecule has 5 heteroatoms. The molecule has 0 atom stereocenters. The zero-order valence-electron chi connectivity index (χ0n) is 12.7. The highest BCUT2D eigenvalue weighted by Gasteiger charge is 2.04. The van der Waals surface area contributed by atoms with Gasteiger partial charge in [-0.3, -0.25) is 4.79 Å². The average Bonchev–Trinajstić information content (AvgIpc) is 2.51. The van der Waals surface area contributed by atoms with Gasteiger partial charge in [-0.1, -0.05) is 56.5 Å². The number of unbranched alkanes of at least 4 members (excludes halogenated alkanes) is 3. The van der Waals surface area contributed by atoms with Crippen molar-refractivity contribution in [1.82, 2.24) is 16.0 Å². The Kier molecular flexibility index (Phi) is 8.68. The first-order chi connectivity index (χ1) is 10.2. The van der Waals surface area contributed by atoms with Crippen molar-refractivity contribution in [3.63, 3.8) is 0 Å². The smallest absolute Gasteiger partial charge is 0.315 e. The summed E-state index contributed by atoms with van der Waals surface area (Å²) >= 11 is 0. The Morgan fingerprint density at radius 1 is 0.952 bits per heavy atom. The van der Waals surface area contributed by atoms with E-state index in [9.17, 15) is 9.59 Å². The van der Waals surface area contributed by atoms with E-state index in [-0.39, 0.29) is 18.5 Å². The van der Waals surface area contributed by atoms with Gasteiger partial charge in [0.15, 0.2) is 0 Å². The van der Waals surface area contributed by atoms with Crippen molar-refractivity contribution >= 4 is 11.9 Å². The lowest BCUT2D eigenvalue weighted by molar-refractivity contribution is -0.120. The summed E-state index contributed by atoms with van der Waals surface area (Å²) in [5.41, 5.74) is 1.02. The van der Waals surface area contributed by atoms with Crippen molar-refractivity contribution in [3.05, 3.63) is 35.9 Å². The maximum absolute atomic E-state index is 11.5. The lowest BCUT2D eigenvalue weighted by Gasteiger charge is -2.08. The molecule has 0 bridgehead atoms. The number of urea groups is 1. The van der Waals surface area contributed by atoms with Gasteiger partial charge >= 0.3 is 6.03 Å². The molecule has 1 aromatic carbocycles. The summed E-state index contributed by atoms with van der Waals surface area (Å²) in [6, 6.07) is 9.29. The van der Waals surface area contributed by atoms with Crippen molar-refractivity contribution in [3.8, 4) is 0 Å². The predicted octanol–water partition coefficient (Wildman–Crippen LogP) is 2.18. The number of carbonyl (C=O) groups is 2. The molecule has 0 aliphatic carbocycles. The molecule has 3 amide bonds. The number of rotatable bonds is 9. The van der Waals surface area contributed by atoms with E-state index >= 15 is 0 Å². The first kappa shape index (κ1) is 17.0. The van der Waals surface area contributed by atoms with Crippen LogP contribution < -0.4 is 16.0 Å². The molecule has 0 aliphatic heterocycles. The molecule has 0 unspecified atom stereocenters. The van der Waals surface area contributed by atoms with Gasteiger partial charge in [0.1, 0.15) is 0 Å². The summed E-state index contributed by atoms with van der Waals surface area (Å²) in [5.74, 6) is -0.152. The van der Waals surface area contributed by atoms with E-state index in [1.807, 2.05) is 30.3 Å². The number of carbonyl (C=O) groups excluding carboxylic acids is 2. The Bertz CT molecular complexity index is 421. The van der Waals surface area contributed by atoms with Gasteiger partial charge in [0.25, 0.3) is 0 Å². The second-order valence-corrected chi connectivity index (χ2v) is 4.93. The normalized spacial score (nSPS) is 9.95. The Labute approximate surface area is 126 Å². The summed E-state index contributed by atoms with van der Waals surface area (Å²) in [4.78, 5) is 23.0. The van der Waals surface area contributed by atoms with E-state index in [1.54, 1.807) is 0 Å². The Morgan fingerprint density at radius 2 is 1.71 bits per heavy atom. The monoisotopic (exact) mass is 291 g/mol. The van der Waals surface area contributed by atoms with Crippen LogP contribution in [0, 0.1) is 0 Å². The van der Waals surface area contributed by atoms with Crippen LogP contribution in [0.1, 0.15) is 38.2 Å². The van der Waals surface area contributed by atoms with E-state index in [0.717, 1.165) is 18.4 Å². The molecule has 0 fully saturated rings. The lowest BCUT2D eigenvalue weighted by atomic mass is 10.2. The predicted molar refractivity (Wildman–Crippen MR) is 83.8 cm³/mol. The van der Waals surface area contributed by atoms with Gasteiger partial charge in [-0.2, -0.15) is 0 Å². The van der Waals surface area contributed by atoms with Gasteiger partial charge in [0, 0.05) is 13.1 Å². The van der Waals surface area contributed by atoms with Crippen LogP contribution in [0.15, 0.2) is 30.3 Å². The third kappa shape index (κ3) is 8.68. The molecule has 0 saturated carbocycles. The Hall–Kier alpha value is -2.04. The maximum atomic E-state index is 11.5. The van der Waals surface area contributed by atoms with Crippen LogP contribution in [0.4, 0.5) is 4.79 Å². The van der Waals surface area contributed by atoms with Gasteiger partial charge in [0.2, 0.25) is 5.91 Å². The van der Waals surface area contributed by atoms with Crippen molar-refractivity contribution in [1.29, 1.82) is 0 Å². The van der Waals surface area contributed by atoms with Gasteiger partial charge in [-0.05, 0) is 12.0 Å². The third-order valence-electron chi connectivity index (χ3n) is 3.06. The molecule has 0 aromatic heterocycles. The Balaban J connectivity index is 2.05. The quantitative estimate of drug-likeness (QED) is 0.610. The summed E-state index contributed by atoms with van der Waals surface area (Å²) in [6.45, 7) is 3.28. The highest BCUT2D eigenvalue weighted by Crippen LogP contribution is 1.97. The minimum absolute atomic E-state index is 0.00833. The number of nitrogens with one attached hydrogen (secondary N) is 3. The summed E-state index contributed by atoms with van der Waals surface area (Å²) in [5, 5.41) is 8.04. The number of benzene rings is 1. The molecule has 3 N–H and O–H groups in total. The molecular weight excluding hydrogens is 266 g/mol. The second kappa shape index (κ2) is 10.7. The minimum atomic E-state index is -0.333. The molecule has 0 heterocycles. The fraction of sp³-hybridized carbons (Fsp3) is 0.500. The van der Waals surface area contributed by atoms with Crippen molar-refractivity contribution < 1.29 is 9.59 Å². The van der Waals surface area contributed by atoms with Crippen molar-refractivity contribution in [2.24, 2.45) is 0 Å². The lowest BCUT2D eigenvalue weighted by Crippen LogP contribution is -2.42. The molecule has 21 heavy (non-hydrogen) atoms. The second-order valence-electron chi connectivity index (χ2n) is 4.93. The van der Waals surface area contributed by atoms with Crippen molar-refractivity contribution in [2.75, 3.05) is 13.1 Å². The number of hydrogen-bond donors (Lipinski definition) is 3. The van der Waals surface area contributed by atoms with Crippen molar-refractivity contribution in [2.45, 2.75) is 39.2 Å². The molecule has 1 rings (SSSR count). The summed E-state index contributed by atoms with van der Waals surface area (Å²) in [6.07, 6.45) is 4.48. The van der Waals surface area contributed by atoms with Crippen LogP contribution in [0.5, 0.6) is 0 Å². The largest absolute Gasteiger partial charge is 0.355 e. The summed E-state index contributed by atoms with van der Waals surface area (Å²) < 4.78 is 0. The fourth-order valence-electron chi connectivity index (χ4n) is 1.84. The number of amides is 3. The number of hydrogen-bond acceptors (Lipinski definition) is 2. The molecule has 0 spiro atoms. The molecule has 1 aromatic rings. The van der Waals surface area contributed by atoms with E-state index in [0.29, 0.717) is 13.1 Å². The zero-order chi connectivity index (χ0) is 15.3. The first-order valence-electron chi connectivity index (χ1n) is 7.54. The summed E-state index contributed by atoms with van der Waals surface area (Å²) in [7, 11) is 0. The minimum Gasteiger partial charge on any atom is -0.355 e. The standard InChI is InChI=1S/C16H25N3O2/c1-2-3-4-8-11-17-15(20)13-19-16(21)18-12-14-9-6-5-7-10-14/h5-7,9-10H,2-4,8,11-13H2,1H3,(H,17,20)(H2,18,19,21). The molecule has 5 nitrogen and oxygen atoms in total. The van der Waals surface area contributed by atoms with Crippen LogP contribution in [0.3, 0.4) is 0 Å². The van der Waals surface area contributed by atoms with Crippen LogP contribution >= 0.6 is 0 Å². The molecular formula is C16H25N3O2. The SMILES string of the molecule is CCCCCCNC(=O)CNC(=O)NCc1ccccc1. The molecule has 0 radical (unpaired) electrons. The van der Waals surface area contributed by atoms with E-state index in [4.69, 9.17) is 0 Å². The van der Waals surface area contributed by atoms with E-state index in [2.05, 4.69) is 22.9 Å². The average molecular weight is 291 g/mol. The first-order valence-corrected chi connectivity index (χ1v) is 7.54. The maximum Gasteiger partial charge on any atom is 0.315 e. The molecule has 0 aliphatic rings. The van der Waals surface area contributed by atoms with Crippen LogP contribution in [-0.4, -0.2) is 25.0 Å². The zero-order valence-corrected chi connectivity index (χ0v) is 12.7.